The fourth-order valence-corrected chi connectivity index (χ4v) is 2.58. The highest BCUT2D eigenvalue weighted by Gasteiger charge is 2.29. The summed E-state index contributed by atoms with van der Waals surface area (Å²) in [6.07, 6.45) is 1.13. The van der Waals surface area contributed by atoms with Gasteiger partial charge < -0.3 is 15.4 Å². The van der Waals surface area contributed by atoms with Crippen LogP contribution in [-0.2, 0) is 4.74 Å². The van der Waals surface area contributed by atoms with Gasteiger partial charge in [-0.05, 0) is 51.3 Å². The summed E-state index contributed by atoms with van der Waals surface area (Å²) in [5.74, 6) is -1.64. The van der Waals surface area contributed by atoms with Crippen molar-refractivity contribution < 1.29 is 18.3 Å². The minimum absolute atomic E-state index is 0.120. The van der Waals surface area contributed by atoms with Crippen LogP contribution in [0.15, 0.2) is 12.1 Å². The maximum absolute atomic E-state index is 13.6. The van der Waals surface area contributed by atoms with Gasteiger partial charge in [-0.15, -0.1) is 0 Å². The van der Waals surface area contributed by atoms with E-state index < -0.39 is 29.0 Å². The van der Waals surface area contributed by atoms with Crippen LogP contribution in [0.25, 0.3) is 0 Å². The molecule has 1 aliphatic rings. The Balaban J connectivity index is 2.12. The molecule has 1 amide bonds. The van der Waals surface area contributed by atoms with E-state index in [4.69, 9.17) is 10.5 Å². The number of hydrogen-bond donors (Lipinski definition) is 1. The second-order valence-electron chi connectivity index (χ2n) is 6.66. The molecule has 0 aliphatic carbocycles. The van der Waals surface area contributed by atoms with Crippen LogP contribution in [-0.4, -0.2) is 29.7 Å². The summed E-state index contributed by atoms with van der Waals surface area (Å²) in [5, 5.41) is 0. The summed E-state index contributed by atoms with van der Waals surface area (Å²) in [6, 6.07) is 2.50. The molecule has 1 fully saturated rings. The van der Waals surface area contributed by atoms with Gasteiger partial charge in [-0.2, -0.15) is 0 Å². The summed E-state index contributed by atoms with van der Waals surface area (Å²) < 4.78 is 32.6. The van der Waals surface area contributed by atoms with Crippen LogP contribution in [0, 0.1) is 11.6 Å². The number of rotatable bonds is 1. The van der Waals surface area contributed by atoms with Crippen molar-refractivity contribution in [1.29, 1.82) is 0 Å². The Bertz CT molecular complexity index is 547. The molecule has 0 radical (unpaired) electrons. The van der Waals surface area contributed by atoms with Gasteiger partial charge in [0.1, 0.15) is 22.9 Å². The number of likely N-dealkylation sites (tertiary alicyclic amines) is 1. The van der Waals surface area contributed by atoms with Crippen LogP contribution in [0.3, 0.4) is 0 Å². The molecular weight excluding hydrogens is 290 g/mol. The third-order valence-corrected chi connectivity index (χ3v) is 3.65. The van der Waals surface area contributed by atoms with Gasteiger partial charge in [-0.25, -0.2) is 13.6 Å². The maximum Gasteiger partial charge on any atom is 0.410 e. The van der Waals surface area contributed by atoms with Crippen LogP contribution >= 0.6 is 0 Å². The zero-order valence-corrected chi connectivity index (χ0v) is 13.2. The van der Waals surface area contributed by atoms with E-state index in [0.717, 1.165) is 12.8 Å². The van der Waals surface area contributed by atoms with E-state index in [0.29, 0.717) is 18.7 Å². The van der Waals surface area contributed by atoms with E-state index in [2.05, 4.69) is 0 Å². The first kappa shape index (κ1) is 16.5. The molecule has 1 heterocycles. The average molecular weight is 312 g/mol. The van der Waals surface area contributed by atoms with Gasteiger partial charge in [-0.1, -0.05) is 0 Å². The summed E-state index contributed by atoms with van der Waals surface area (Å²) in [6.45, 7) is 6.38. The Morgan fingerprint density at radius 2 is 1.91 bits per heavy atom. The predicted octanol–water partition coefficient (Wildman–Crippen LogP) is 3.66. The molecule has 2 N–H and O–H groups in total. The number of halogens is 2. The first-order chi connectivity index (χ1) is 10.2. The van der Waals surface area contributed by atoms with Crippen molar-refractivity contribution in [2.75, 3.05) is 18.8 Å². The van der Waals surface area contributed by atoms with Crippen molar-refractivity contribution in [3.63, 3.8) is 0 Å². The quantitative estimate of drug-likeness (QED) is 0.805. The van der Waals surface area contributed by atoms with Crippen molar-refractivity contribution >= 4 is 11.8 Å². The molecule has 1 aliphatic heterocycles. The topological polar surface area (TPSA) is 55.6 Å². The molecule has 6 heteroatoms. The molecule has 1 atom stereocenters. The Hall–Kier alpha value is -1.85. The zero-order chi connectivity index (χ0) is 16.5. The van der Waals surface area contributed by atoms with Crippen molar-refractivity contribution in [2.45, 2.75) is 45.1 Å². The van der Waals surface area contributed by atoms with Crippen LogP contribution < -0.4 is 5.73 Å². The van der Waals surface area contributed by atoms with Gasteiger partial charge in [0.2, 0.25) is 0 Å². The van der Waals surface area contributed by atoms with Crippen LogP contribution in [0.1, 0.15) is 45.1 Å². The standard InChI is InChI=1S/C16H22F2N2O2/c1-16(2,3)22-15(21)20-6-4-5-10(9-20)11-7-12(17)14(19)13(18)8-11/h7-8,10H,4-6,9,19H2,1-3H3. The SMILES string of the molecule is CC(C)(C)OC(=O)N1CCCC(c2cc(F)c(N)c(F)c2)C1. The molecule has 0 aromatic heterocycles. The number of piperidine rings is 1. The first-order valence-electron chi connectivity index (χ1n) is 7.39. The van der Waals surface area contributed by atoms with Crippen molar-refractivity contribution in [3.8, 4) is 0 Å². The number of amides is 1. The number of ether oxygens (including phenoxy) is 1. The van der Waals surface area contributed by atoms with Gasteiger partial charge in [0.05, 0.1) is 0 Å². The van der Waals surface area contributed by atoms with E-state index >= 15 is 0 Å². The largest absolute Gasteiger partial charge is 0.444 e. The fourth-order valence-electron chi connectivity index (χ4n) is 2.58. The van der Waals surface area contributed by atoms with Gasteiger partial charge in [0, 0.05) is 19.0 Å². The van der Waals surface area contributed by atoms with Gasteiger partial charge in [0.15, 0.2) is 0 Å². The van der Waals surface area contributed by atoms with Crippen molar-refractivity contribution in [1.82, 2.24) is 4.90 Å². The van der Waals surface area contributed by atoms with Crippen molar-refractivity contribution in [2.24, 2.45) is 0 Å². The molecule has 1 aromatic carbocycles. The Kier molecular flexibility index (Phi) is 4.58. The third-order valence-electron chi connectivity index (χ3n) is 3.65. The normalized spacial score (nSPS) is 19.1. The van der Waals surface area contributed by atoms with E-state index in [1.165, 1.54) is 12.1 Å². The Labute approximate surface area is 129 Å². The van der Waals surface area contributed by atoms with E-state index in [9.17, 15) is 13.6 Å². The predicted molar refractivity (Wildman–Crippen MR) is 80.6 cm³/mol. The molecule has 0 saturated carbocycles. The van der Waals surface area contributed by atoms with Gasteiger partial charge in [-0.3, -0.25) is 0 Å². The third kappa shape index (κ3) is 3.87. The number of anilines is 1. The minimum atomic E-state index is -0.760. The molecule has 4 nitrogen and oxygen atoms in total. The lowest BCUT2D eigenvalue weighted by atomic mass is 9.90. The van der Waals surface area contributed by atoms with E-state index in [-0.39, 0.29) is 5.92 Å². The molecule has 1 unspecified atom stereocenters. The van der Waals surface area contributed by atoms with Crippen molar-refractivity contribution in [3.05, 3.63) is 29.3 Å². The highest BCUT2D eigenvalue weighted by molar-refractivity contribution is 5.68. The highest BCUT2D eigenvalue weighted by atomic mass is 19.1. The maximum atomic E-state index is 13.6. The molecule has 22 heavy (non-hydrogen) atoms. The number of carbonyl (C=O) groups excluding carboxylic acids is 1. The van der Waals surface area contributed by atoms with Gasteiger partial charge in [0.25, 0.3) is 0 Å². The smallest absolute Gasteiger partial charge is 0.410 e. The molecule has 1 saturated heterocycles. The zero-order valence-electron chi connectivity index (χ0n) is 13.2. The lowest BCUT2D eigenvalue weighted by molar-refractivity contribution is 0.0198. The molecule has 0 spiro atoms. The van der Waals surface area contributed by atoms with Crippen LogP contribution in [0.4, 0.5) is 19.3 Å². The summed E-state index contributed by atoms with van der Waals surface area (Å²) >= 11 is 0. The summed E-state index contributed by atoms with van der Waals surface area (Å²) in [4.78, 5) is 13.7. The lowest BCUT2D eigenvalue weighted by Gasteiger charge is -2.34. The monoisotopic (exact) mass is 312 g/mol. The number of carbonyl (C=O) groups is 1. The van der Waals surface area contributed by atoms with E-state index in [1.807, 2.05) is 0 Å². The lowest BCUT2D eigenvalue weighted by Crippen LogP contribution is -2.42. The molecule has 2 rings (SSSR count). The number of nitrogen functional groups attached to an aromatic ring is 1. The molecule has 122 valence electrons. The number of nitrogens with two attached hydrogens (primary N) is 1. The van der Waals surface area contributed by atoms with Gasteiger partial charge >= 0.3 is 6.09 Å². The number of hydrogen-bond acceptors (Lipinski definition) is 3. The van der Waals surface area contributed by atoms with Crippen LogP contribution in [0.5, 0.6) is 0 Å². The number of nitrogens with zero attached hydrogens (tertiary/aromatic N) is 1. The first-order valence-corrected chi connectivity index (χ1v) is 7.39. The second-order valence-corrected chi connectivity index (χ2v) is 6.66. The highest BCUT2D eigenvalue weighted by Crippen LogP contribution is 2.30. The molecule has 0 bridgehead atoms. The summed E-state index contributed by atoms with van der Waals surface area (Å²) in [5.41, 5.74) is 4.78. The van der Waals surface area contributed by atoms with E-state index in [1.54, 1.807) is 25.7 Å². The molecular formula is C16H22F2N2O2. The second kappa shape index (κ2) is 6.10. The molecule has 1 aromatic rings. The minimum Gasteiger partial charge on any atom is -0.444 e. The van der Waals surface area contributed by atoms with Crippen LogP contribution in [0.2, 0.25) is 0 Å². The fraction of sp³-hybridized carbons (Fsp3) is 0.562. The average Bonchev–Trinajstić information content (AvgIpc) is 2.42. The number of benzene rings is 1. The Morgan fingerprint density at radius 1 is 1.32 bits per heavy atom. The summed E-state index contributed by atoms with van der Waals surface area (Å²) in [7, 11) is 0. The Morgan fingerprint density at radius 3 is 2.45 bits per heavy atom.